The molecule has 2 N–H and O–H groups in total. The molecule has 4 heterocycles. The summed E-state index contributed by atoms with van der Waals surface area (Å²) in [5.74, 6) is 0.988. The van der Waals surface area contributed by atoms with Crippen molar-refractivity contribution in [3.05, 3.63) is 63.9 Å². The van der Waals surface area contributed by atoms with E-state index in [1.165, 1.54) is 16.0 Å². The van der Waals surface area contributed by atoms with E-state index in [9.17, 15) is 0 Å². The monoisotopic (exact) mass is 431 g/mol. The van der Waals surface area contributed by atoms with Crippen LogP contribution in [0.4, 0.5) is 5.82 Å². The van der Waals surface area contributed by atoms with Gasteiger partial charge in [-0.15, -0.1) is 0 Å². The van der Waals surface area contributed by atoms with Crippen LogP contribution in [0.2, 0.25) is 0 Å². The highest BCUT2D eigenvalue weighted by Gasteiger charge is 2.24. The van der Waals surface area contributed by atoms with Crippen molar-refractivity contribution in [1.82, 2.24) is 19.1 Å². The minimum Gasteiger partial charge on any atom is -0.482 e. The minimum atomic E-state index is -0.214. The average molecular weight is 432 g/mol. The Morgan fingerprint density at radius 1 is 1.29 bits per heavy atom. The van der Waals surface area contributed by atoms with Crippen molar-refractivity contribution in [3.8, 4) is 28.1 Å². The molecular formula is C24H25N5OS. The number of hydrogen-bond acceptors (Lipinski definition) is 6. The van der Waals surface area contributed by atoms with Crippen LogP contribution in [0.1, 0.15) is 47.2 Å². The van der Waals surface area contributed by atoms with Gasteiger partial charge in [-0.2, -0.15) is 9.47 Å². The fourth-order valence-corrected chi connectivity index (χ4v) is 5.28. The Labute approximate surface area is 185 Å². The second kappa shape index (κ2) is 7.50. The molecule has 5 rings (SSSR count). The first-order valence-corrected chi connectivity index (χ1v) is 11.2. The molecule has 0 fully saturated rings. The summed E-state index contributed by atoms with van der Waals surface area (Å²) in [4.78, 5) is 5.65. The predicted octanol–water partition coefficient (Wildman–Crippen LogP) is 5.10. The third-order valence-corrected chi connectivity index (χ3v) is 6.68. The molecule has 1 aliphatic heterocycles. The van der Waals surface area contributed by atoms with Gasteiger partial charge in [-0.3, -0.25) is 4.68 Å². The predicted molar refractivity (Wildman–Crippen MR) is 124 cm³/mol. The number of nitrogens with zero attached hydrogens (tertiary/aromatic N) is 4. The standard InChI is InChI=1S/C24H25N5OS/c1-5-19-22-15-9-20(24(25)26-11-15)30-14(3)18-8-13(2)6-7-17(18)23-16(12-29(4)27-23)10-21(22)31-28-19/h6-9,11-12,14H,5,10H2,1-4H3,(H2,25,26)/t14-/m1/s1. The largest absolute Gasteiger partial charge is 0.482 e. The average Bonchev–Trinajstić information content (AvgIpc) is 3.32. The van der Waals surface area contributed by atoms with Gasteiger partial charge in [0, 0.05) is 58.6 Å². The Morgan fingerprint density at radius 3 is 2.94 bits per heavy atom. The van der Waals surface area contributed by atoms with Crippen LogP contribution in [0.5, 0.6) is 5.75 Å². The van der Waals surface area contributed by atoms with Gasteiger partial charge in [0.25, 0.3) is 0 Å². The van der Waals surface area contributed by atoms with Crippen LogP contribution < -0.4 is 10.5 Å². The number of rotatable bonds is 1. The van der Waals surface area contributed by atoms with Crippen LogP contribution in [-0.2, 0) is 19.9 Å². The van der Waals surface area contributed by atoms with E-state index in [-0.39, 0.29) is 6.10 Å². The SMILES string of the molecule is CCc1nsc2c1-c1cnc(N)c(c1)O[C@H](C)c1cc(C)ccc1-c1nn(C)cc1C2. The molecule has 1 aliphatic rings. The first kappa shape index (κ1) is 19.8. The van der Waals surface area contributed by atoms with Crippen LogP contribution in [0.15, 0.2) is 36.7 Å². The molecule has 6 nitrogen and oxygen atoms in total. The summed E-state index contributed by atoms with van der Waals surface area (Å²) in [6.45, 7) is 6.27. The first-order chi connectivity index (χ1) is 14.9. The number of aromatic nitrogens is 4. The molecule has 7 heteroatoms. The second-order valence-electron chi connectivity index (χ2n) is 8.09. The van der Waals surface area contributed by atoms with Crippen LogP contribution in [0, 0.1) is 6.92 Å². The second-order valence-corrected chi connectivity index (χ2v) is 8.95. The number of nitrogens with two attached hydrogens (primary N) is 1. The van der Waals surface area contributed by atoms with Crippen LogP contribution in [-0.4, -0.2) is 19.1 Å². The Morgan fingerprint density at radius 2 is 2.13 bits per heavy atom. The molecule has 4 aromatic rings. The lowest BCUT2D eigenvalue weighted by Gasteiger charge is -2.21. The van der Waals surface area contributed by atoms with Gasteiger partial charge in [-0.1, -0.05) is 30.7 Å². The maximum atomic E-state index is 6.39. The van der Waals surface area contributed by atoms with Gasteiger partial charge in [0.1, 0.15) is 6.10 Å². The van der Waals surface area contributed by atoms with Crippen LogP contribution in [0.25, 0.3) is 22.4 Å². The van der Waals surface area contributed by atoms with Gasteiger partial charge in [-0.25, -0.2) is 4.98 Å². The third-order valence-electron chi connectivity index (χ3n) is 5.80. The van der Waals surface area contributed by atoms with Gasteiger partial charge in [-0.05, 0) is 37.9 Å². The van der Waals surface area contributed by atoms with E-state index in [0.717, 1.165) is 46.5 Å². The number of pyridine rings is 1. The number of hydrogen-bond donors (Lipinski definition) is 1. The summed E-state index contributed by atoms with van der Waals surface area (Å²) in [6.07, 6.45) is 5.34. The summed E-state index contributed by atoms with van der Waals surface area (Å²) in [5, 5.41) is 4.84. The summed E-state index contributed by atoms with van der Waals surface area (Å²) >= 11 is 1.55. The molecule has 0 radical (unpaired) electrons. The summed E-state index contributed by atoms with van der Waals surface area (Å²) < 4.78 is 13.0. The molecule has 1 atom stereocenters. The maximum Gasteiger partial charge on any atom is 0.166 e. The van der Waals surface area contributed by atoms with Gasteiger partial charge in [0.15, 0.2) is 11.6 Å². The van der Waals surface area contributed by atoms with Gasteiger partial charge in [0.2, 0.25) is 0 Å². The zero-order valence-electron chi connectivity index (χ0n) is 18.1. The number of nitrogen functional groups attached to an aromatic ring is 1. The van der Waals surface area contributed by atoms with E-state index in [1.807, 2.05) is 30.9 Å². The van der Waals surface area contributed by atoms with Crippen molar-refractivity contribution in [2.75, 3.05) is 5.73 Å². The van der Waals surface area contributed by atoms with E-state index >= 15 is 0 Å². The smallest absolute Gasteiger partial charge is 0.166 e. The van der Waals surface area contributed by atoms with Crippen molar-refractivity contribution < 1.29 is 4.74 Å². The lowest BCUT2D eigenvalue weighted by Crippen LogP contribution is -2.09. The molecule has 0 spiro atoms. The Kier molecular flexibility index (Phi) is 4.78. The fourth-order valence-electron chi connectivity index (χ4n) is 4.29. The van der Waals surface area contributed by atoms with Gasteiger partial charge in [0.05, 0.1) is 11.4 Å². The van der Waals surface area contributed by atoms with E-state index in [1.54, 1.807) is 11.5 Å². The Bertz CT molecular complexity index is 1290. The van der Waals surface area contributed by atoms with Gasteiger partial charge < -0.3 is 10.5 Å². The van der Waals surface area contributed by atoms with E-state index in [4.69, 9.17) is 19.9 Å². The summed E-state index contributed by atoms with van der Waals surface area (Å²) in [6, 6.07) is 8.45. The molecule has 3 aromatic heterocycles. The molecule has 158 valence electrons. The van der Waals surface area contributed by atoms with Crippen molar-refractivity contribution in [3.63, 3.8) is 0 Å². The third kappa shape index (κ3) is 3.39. The molecule has 0 unspecified atom stereocenters. The van der Waals surface area contributed by atoms with Crippen molar-refractivity contribution in [1.29, 1.82) is 0 Å². The van der Waals surface area contributed by atoms with E-state index in [2.05, 4.69) is 43.2 Å². The number of aryl methyl sites for hydroxylation is 3. The molecular weight excluding hydrogens is 406 g/mol. The number of anilines is 1. The quantitative estimate of drug-likeness (QED) is 0.453. The number of fused-ring (bicyclic) bond motifs is 7. The minimum absolute atomic E-state index is 0.214. The number of ether oxygens (including phenoxy) is 1. The molecule has 1 aromatic carbocycles. The maximum absolute atomic E-state index is 6.39. The van der Waals surface area contributed by atoms with E-state index in [0.29, 0.717) is 11.6 Å². The highest BCUT2D eigenvalue weighted by atomic mass is 32.1. The van der Waals surface area contributed by atoms with Crippen LogP contribution >= 0.6 is 11.5 Å². The molecule has 0 aliphatic carbocycles. The summed E-state index contributed by atoms with van der Waals surface area (Å²) in [7, 11) is 1.97. The lowest BCUT2D eigenvalue weighted by molar-refractivity contribution is 0.228. The van der Waals surface area contributed by atoms with Crippen molar-refractivity contribution in [2.45, 2.75) is 39.7 Å². The Hall–Kier alpha value is -3.19. The molecule has 2 bridgehead atoms. The molecule has 0 amide bonds. The fraction of sp³-hybridized carbons (Fsp3) is 0.292. The van der Waals surface area contributed by atoms with Gasteiger partial charge >= 0.3 is 0 Å². The molecule has 0 saturated heterocycles. The van der Waals surface area contributed by atoms with Crippen molar-refractivity contribution in [2.24, 2.45) is 7.05 Å². The number of benzene rings is 1. The van der Waals surface area contributed by atoms with Crippen LogP contribution in [0.3, 0.4) is 0 Å². The topological polar surface area (TPSA) is 78.8 Å². The van der Waals surface area contributed by atoms with Crippen molar-refractivity contribution >= 4 is 17.4 Å². The highest BCUT2D eigenvalue weighted by Crippen LogP contribution is 2.40. The zero-order valence-corrected chi connectivity index (χ0v) is 19.0. The lowest BCUT2D eigenvalue weighted by atomic mass is 9.94. The Balaban J connectivity index is 1.81. The molecule has 0 saturated carbocycles. The zero-order chi connectivity index (χ0) is 21.7. The summed E-state index contributed by atoms with van der Waals surface area (Å²) in [5.41, 5.74) is 14.9. The van der Waals surface area contributed by atoms with E-state index < -0.39 is 0 Å². The first-order valence-electron chi connectivity index (χ1n) is 10.5. The molecule has 31 heavy (non-hydrogen) atoms. The highest BCUT2D eigenvalue weighted by molar-refractivity contribution is 7.06. The normalized spacial score (nSPS) is 15.2.